The second-order valence-corrected chi connectivity index (χ2v) is 6.87. The van der Waals surface area contributed by atoms with Crippen molar-refractivity contribution < 1.29 is 14.3 Å². The summed E-state index contributed by atoms with van der Waals surface area (Å²) in [5.74, 6) is 0.131. The first-order valence-electron chi connectivity index (χ1n) is 8.63. The lowest BCUT2D eigenvalue weighted by molar-refractivity contribution is -0.118. The van der Waals surface area contributed by atoms with Crippen molar-refractivity contribution in [2.75, 3.05) is 11.9 Å². The molecule has 5 nitrogen and oxygen atoms in total. The number of ketones is 1. The molecule has 0 aliphatic rings. The highest BCUT2D eigenvalue weighted by Gasteiger charge is 2.09. The van der Waals surface area contributed by atoms with Gasteiger partial charge in [0.15, 0.2) is 17.5 Å². The Morgan fingerprint density at radius 3 is 2.63 bits per heavy atom. The minimum absolute atomic E-state index is 0.0489. The van der Waals surface area contributed by atoms with Gasteiger partial charge in [0, 0.05) is 16.5 Å². The maximum atomic E-state index is 12.1. The zero-order valence-electron chi connectivity index (χ0n) is 15.2. The van der Waals surface area contributed by atoms with E-state index in [1.54, 1.807) is 24.3 Å². The van der Waals surface area contributed by atoms with Crippen LogP contribution in [0, 0.1) is 0 Å². The Bertz CT molecular complexity index is 948. The fourth-order valence-electron chi connectivity index (χ4n) is 2.48. The molecule has 0 unspecified atom stereocenters. The first-order valence-corrected chi connectivity index (χ1v) is 9.51. The zero-order chi connectivity index (χ0) is 19.2. The number of rotatable bonds is 7. The molecule has 3 aromatic rings. The number of Topliss-reactive ketones (excluding diaryl/α,β-unsaturated/α-hetero) is 1. The number of amides is 1. The Hall–Kier alpha value is -2.99. The molecule has 6 heteroatoms. The van der Waals surface area contributed by atoms with Gasteiger partial charge in [0.05, 0.1) is 5.69 Å². The summed E-state index contributed by atoms with van der Waals surface area (Å²) in [5.41, 5.74) is 3.66. The summed E-state index contributed by atoms with van der Waals surface area (Å²) < 4.78 is 5.46. The molecule has 0 saturated carbocycles. The molecule has 1 heterocycles. The molecule has 1 aromatic heterocycles. The van der Waals surface area contributed by atoms with Crippen molar-refractivity contribution in [3.05, 3.63) is 65.0 Å². The zero-order valence-corrected chi connectivity index (χ0v) is 16.0. The highest BCUT2D eigenvalue weighted by Crippen LogP contribution is 2.25. The van der Waals surface area contributed by atoms with E-state index >= 15 is 0 Å². The van der Waals surface area contributed by atoms with Crippen LogP contribution in [0.15, 0.2) is 53.9 Å². The third-order valence-electron chi connectivity index (χ3n) is 4.02. The molecule has 0 fully saturated rings. The molecular formula is C21H20N2O3S. The number of benzene rings is 2. The number of thiazole rings is 1. The normalized spacial score (nSPS) is 10.4. The van der Waals surface area contributed by atoms with Gasteiger partial charge in [-0.2, -0.15) is 0 Å². The molecule has 0 bridgehead atoms. The summed E-state index contributed by atoms with van der Waals surface area (Å²) in [6.45, 7) is 3.45. The Morgan fingerprint density at radius 1 is 1.15 bits per heavy atom. The summed E-state index contributed by atoms with van der Waals surface area (Å²) in [5, 5.41) is 5.17. The lowest BCUT2D eigenvalue weighted by atomic mass is 10.1. The van der Waals surface area contributed by atoms with E-state index in [1.807, 2.05) is 17.5 Å². The highest BCUT2D eigenvalue weighted by molar-refractivity contribution is 7.14. The average molecular weight is 380 g/mol. The number of nitrogens with zero attached hydrogens (tertiary/aromatic N) is 1. The number of ether oxygens (including phenoxy) is 1. The Kier molecular flexibility index (Phi) is 5.98. The van der Waals surface area contributed by atoms with Gasteiger partial charge in [0.1, 0.15) is 5.75 Å². The molecule has 27 heavy (non-hydrogen) atoms. The van der Waals surface area contributed by atoms with Crippen LogP contribution in [0.5, 0.6) is 5.75 Å². The second kappa shape index (κ2) is 8.60. The molecule has 0 atom stereocenters. The monoisotopic (exact) mass is 380 g/mol. The Morgan fingerprint density at radius 2 is 1.93 bits per heavy atom. The van der Waals surface area contributed by atoms with Crippen LogP contribution in [0.4, 0.5) is 5.13 Å². The average Bonchev–Trinajstić information content (AvgIpc) is 3.15. The van der Waals surface area contributed by atoms with Crippen LogP contribution in [0.25, 0.3) is 11.3 Å². The number of aromatic nitrogens is 1. The number of hydrogen-bond donors (Lipinski definition) is 1. The van der Waals surface area contributed by atoms with Crippen molar-refractivity contribution in [2.24, 2.45) is 0 Å². The lowest BCUT2D eigenvalue weighted by Crippen LogP contribution is -2.20. The molecule has 0 aliphatic carbocycles. The summed E-state index contributed by atoms with van der Waals surface area (Å²) in [6, 6.07) is 15.0. The number of anilines is 1. The van der Waals surface area contributed by atoms with Crippen molar-refractivity contribution in [3.8, 4) is 17.0 Å². The number of nitrogens with one attached hydrogen (secondary N) is 1. The van der Waals surface area contributed by atoms with Gasteiger partial charge < -0.3 is 4.74 Å². The fourth-order valence-corrected chi connectivity index (χ4v) is 3.22. The molecule has 3 rings (SSSR count). The van der Waals surface area contributed by atoms with Gasteiger partial charge in [0.2, 0.25) is 0 Å². The van der Waals surface area contributed by atoms with E-state index in [0.717, 1.165) is 17.7 Å². The second-order valence-electron chi connectivity index (χ2n) is 6.01. The third-order valence-corrected chi connectivity index (χ3v) is 4.78. The first kappa shape index (κ1) is 18.8. The van der Waals surface area contributed by atoms with Crippen molar-refractivity contribution >= 4 is 28.2 Å². The summed E-state index contributed by atoms with van der Waals surface area (Å²) >= 11 is 1.37. The SMILES string of the molecule is CCc1ccc(-c2csc(NC(=O)COc3cccc(C(C)=O)c3)n2)cc1. The topological polar surface area (TPSA) is 68.3 Å². The number of hydrogen-bond acceptors (Lipinski definition) is 5. The van der Waals surface area contributed by atoms with E-state index in [0.29, 0.717) is 16.4 Å². The van der Waals surface area contributed by atoms with Crippen LogP contribution in [0.2, 0.25) is 0 Å². The van der Waals surface area contributed by atoms with Crippen LogP contribution >= 0.6 is 11.3 Å². The largest absolute Gasteiger partial charge is 0.484 e. The molecule has 0 saturated heterocycles. The number of carbonyl (C=O) groups excluding carboxylic acids is 2. The Balaban J connectivity index is 1.57. The maximum Gasteiger partial charge on any atom is 0.264 e. The molecule has 2 aromatic carbocycles. The Labute approximate surface area is 162 Å². The van der Waals surface area contributed by atoms with Gasteiger partial charge in [-0.25, -0.2) is 4.98 Å². The molecule has 0 radical (unpaired) electrons. The van der Waals surface area contributed by atoms with E-state index in [4.69, 9.17) is 4.74 Å². The van der Waals surface area contributed by atoms with E-state index in [-0.39, 0.29) is 18.3 Å². The highest BCUT2D eigenvalue weighted by atomic mass is 32.1. The molecule has 138 valence electrons. The van der Waals surface area contributed by atoms with Crippen LogP contribution in [-0.2, 0) is 11.2 Å². The number of carbonyl (C=O) groups is 2. The number of aryl methyl sites for hydroxylation is 1. The molecule has 1 amide bonds. The molecular weight excluding hydrogens is 360 g/mol. The van der Waals surface area contributed by atoms with Gasteiger partial charge >= 0.3 is 0 Å². The predicted molar refractivity (Wildman–Crippen MR) is 107 cm³/mol. The third kappa shape index (κ3) is 5.01. The van der Waals surface area contributed by atoms with Crippen LogP contribution in [0.1, 0.15) is 29.8 Å². The van der Waals surface area contributed by atoms with Crippen molar-refractivity contribution in [1.29, 1.82) is 0 Å². The smallest absolute Gasteiger partial charge is 0.264 e. The van der Waals surface area contributed by atoms with Crippen molar-refractivity contribution in [3.63, 3.8) is 0 Å². The summed E-state index contributed by atoms with van der Waals surface area (Å²) in [7, 11) is 0. The van der Waals surface area contributed by atoms with E-state index in [2.05, 4.69) is 29.4 Å². The molecule has 0 aliphatic heterocycles. The van der Waals surface area contributed by atoms with Gasteiger partial charge in [-0.1, -0.05) is 43.3 Å². The summed E-state index contributed by atoms with van der Waals surface area (Å²) in [4.78, 5) is 27.9. The van der Waals surface area contributed by atoms with Crippen LogP contribution in [0.3, 0.4) is 0 Å². The van der Waals surface area contributed by atoms with Crippen molar-refractivity contribution in [1.82, 2.24) is 4.98 Å². The minimum atomic E-state index is -0.301. The quantitative estimate of drug-likeness (QED) is 0.609. The van der Waals surface area contributed by atoms with Crippen LogP contribution < -0.4 is 10.1 Å². The van der Waals surface area contributed by atoms with E-state index < -0.39 is 0 Å². The minimum Gasteiger partial charge on any atom is -0.484 e. The maximum absolute atomic E-state index is 12.1. The van der Waals surface area contributed by atoms with Gasteiger partial charge in [-0.3, -0.25) is 14.9 Å². The van der Waals surface area contributed by atoms with E-state index in [1.165, 1.54) is 23.8 Å². The van der Waals surface area contributed by atoms with Gasteiger partial charge in [0.25, 0.3) is 5.91 Å². The first-order chi connectivity index (χ1) is 13.0. The van der Waals surface area contributed by atoms with Gasteiger partial charge in [-0.05, 0) is 31.0 Å². The molecule has 1 N–H and O–H groups in total. The predicted octanol–water partition coefficient (Wildman–Crippen LogP) is 4.59. The van der Waals surface area contributed by atoms with Crippen molar-refractivity contribution in [2.45, 2.75) is 20.3 Å². The van der Waals surface area contributed by atoms with Gasteiger partial charge in [-0.15, -0.1) is 11.3 Å². The summed E-state index contributed by atoms with van der Waals surface area (Å²) in [6.07, 6.45) is 0.994. The van der Waals surface area contributed by atoms with Crippen LogP contribution in [-0.4, -0.2) is 23.3 Å². The fraction of sp³-hybridized carbons (Fsp3) is 0.190. The molecule has 0 spiro atoms. The van der Waals surface area contributed by atoms with E-state index in [9.17, 15) is 9.59 Å². The lowest BCUT2D eigenvalue weighted by Gasteiger charge is -2.06. The standard InChI is InChI=1S/C21H20N2O3S/c1-3-15-7-9-16(10-8-15)19-13-27-21(22-19)23-20(25)12-26-18-6-4-5-17(11-18)14(2)24/h4-11,13H,3,12H2,1-2H3,(H,22,23,25).